The van der Waals surface area contributed by atoms with E-state index in [2.05, 4.69) is 5.32 Å². The zero-order valence-electron chi connectivity index (χ0n) is 9.85. The Morgan fingerprint density at radius 1 is 1.35 bits per heavy atom. The van der Waals surface area contributed by atoms with Crippen LogP contribution in [-0.4, -0.2) is 27.9 Å². The number of thiocarbonyl (C=S) groups is 1. The van der Waals surface area contributed by atoms with Gasteiger partial charge in [-0.25, -0.2) is 0 Å². The largest absolute Gasteiger partial charge is 0.432 e. The van der Waals surface area contributed by atoms with Crippen molar-refractivity contribution in [3.8, 4) is 5.75 Å². The van der Waals surface area contributed by atoms with E-state index >= 15 is 0 Å². The monoisotopic (exact) mass is 271 g/mol. The Morgan fingerprint density at radius 3 is 2.71 bits per heavy atom. The summed E-state index contributed by atoms with van der Waals surface area (Å²) in [5.74, 6) is 1.48. The topological polar surface area (TPSA) is 38.3 Å². The first-order chi connectivity index (χ1) is 8.18. The molecule has 17 heavy (non-hydrogen) atoms. The average molecular weight is 271 g/mol. The van der Waals surface area contributed by atoms with Gasteiger partial charge in [0.25, 0.3) is 5.17 Å². The van der Waals surface area contributed by atoms with E-state index < -0.39 is 10.8 Å². The molecule has 0 aliphatic heterocycles. The van der Waals surface area contributed by atoms with E-state index in [1.54, 1.807) is 6.26 Å². The maximum absolute atomic E-state index is 10.8. The van der Waals surface area contributed by atoms with Crippen LogP contribution in [0.5, 0.6) is 5.75 Å². The molecular weight excluding hydrogens is 254 g/mol. The highest BCUT2D eigenvalue weighted by Crippen LogP contribution is 2.08. The predicted molar refractivity (Wildman–Crippen MR) is 75.8 cm³/mol. The van der Waals surface area contributed by atoms with Gasteiger partial charge in [-0.1, -0.05) is 18.2 Å². The van der Waals surface area contributed by atoms with E-state index in [4.69, 9.17) is 17.0 Å². The Labute approximate surface area is 110 Å². The van der Waals surface area contributed by atoms with Crippen molar-refractivity contribution in [3.63, 3.8) is 0 Å². The van der Waals surface area contributed by atoms with E-state index in [-0.39, 0.29) is 0 Å². The molecule has 1 aromatic rings. The summed E-state index contributed by atoms with van der Waals surface area (Å²) in [6.07, 6.45) is 3.60. The highest BCUT2D eigenvalue weighted by atomic mass is 32.2. The van der Waals surface area contributed by atoms with Gasteiger partial charge in [-0.05, 0) is 37.2 Å². The minimum absolute atomic E-state index is 0.383. The van der Waals surface area contributed by atoms with Crippen LogP contribution in [0, 0.1) is 0 Å². The Bertz CT molecular complexity index is 368. The van der Waals surface area contributed by atoms with Gasteiger partial charge in [0.05, 0.1) is 0 Å². The van der Waals surface area contributed by atoms with Crippen molar-refractivity contribution < 1.29 is 8.95 Å². The van der Waals surface area contributed by atoms with Crippen molar-refractivity contribution in [2.75, 3.05) is 18.6 Å². The molecule has 1 atom stereocenters. The lowest BCUT2D eigenvalue weighted by atomic mass is 10.3. The lowest BCUT2D eigenvalue weighted by Gasteiger charge is -2.08. The minimum atomic E-state index is -0.703. The van der Waals surface area contributed by atoms with Gasteiger partial charge in [-0.2, -0.15) is 0 Å². The summed E-state index contributed by atoms with van der Waals surface area (Å²) in [5.41, 5.74) is 0. The lowest BCUT2D eigenvalue weighted by Crippen LogP contribution is -2.27. The van der Waals surface area contributed by atoms with Gasteiger partial charge in [0.1, 0.15) is 5.75 Å². The number of unbranched alkanes of at least 4 members (excludes halogenated alkanes) is 1. The zero-order valence-corrected chi connectivity index (χ0v) is 11.5. The van der Waals surface area contributed by atoms with E-state index in [0.717, 1.165) is 30.9 Å². The number of benzene rings is 1. The second kappa shape index (κ2) is 8.20. The van der Waals surface area contributed by atoms with E-state index in [1.165, 1.54) is 0 Å². The molecule has 0 heterocycles. The Balaban J connectivity index is 2.12. The van der Waals surface area contributed by atoms with Crippen molar-refractivity contribution >= 4 is 28.2 Å². The third kappa shape index (κ3) is 7.07. The second-order valence-corrected chi connectivity index (χ2v) is 5.54. The number of rotatable bonds is 6. The summed E-state index contributed by atoms with van der Waals surface area (Å²) in [6.45, 7) is 0.753. The zero-order chi connectivity index (χ0) is 12.5. The fourth-order valence-electron chi connectivity index (χ4n) is 1.25. The molecule has 0 aromatic heterocycles. The number of para-hydroxylation sites is 1. The molecule has 0 aliphatic rings. The van der Waals surface area contributed by atoms with Gasteiger partial charge in [-0.3, -0.25) is 4.21 Å². The summed E-state index contributed by atoms with van der Waals surface area (Å²) >= 11 is 5.04. The lowest BCUT2D eigenvalue weighted by molar-refractivity contribution is 0.528. The van der Waals surface area contributed by atoms with Crippen molar-refractivity contribution in [2.45, 2.75) is 12.8 Å². The Kier molecular flexibility index (Phi) is 6.81. The van der Waals surface area contributed by atoms with Crippen LogP contribution in [0.4, 0.5) is 0 Å². The molecular formula is C12H17NO2S2. The van der Waals surface area contributed by atoms with Gasteiger partial charge < -0.3 is 10.1 Å². The van der Waals surface area contributed by atoms with Crippen LogP contribution in [0.2, 0.25) is 0 Å². The fourth-order valence-corrected chi connectivity index (χ4v) is 2.06. The quantitative estimate of drug-likeness (QED) is 0.635. The number of hydrogen-bond acceptors (Lipinski definition) is 3. The van der Waals surface area contributed by atoms with Crippen LogP contribution in [0.15, 0.2) is 30.3 Å². The summed E-state index contributed by atoms with van der Waals surface area (Å²) in [5, 5.41) is 3.40. The average Bonchev–Trinajstić information content (AvgIpc) is 2.29. The number of hydrogen-bond donors (Lipinski definition) is 1. The highest BCUT2D eigenvalue weighted by Gasteiger charge is 1.98. The van der Waals surface area contributed by atoms with Gasteiger partial charge in [0, 0.05) is 29.4 Å². The number of ether oxygens (including phenoxy) is 1. The van der Waals surface area contributed by atoms with Gasteiger partial charge in [-0.15, -0.1) is 0 Å². The summed E-state index contributed by atoms with van der Waals surface area (Å²) in [6, 6.07) is 9.43. The molecule has 0 spiro atoms. The number of nitrogens with one attached hydrogen (secondary N) is 1. The molecule has 1 rings (SSSR count). The Hall–Kier alpha value is -0.940. The first-order valence-electron chi connectivity index (χ1n) is 5.49. The normalized spacial score (nSPS) is 11.8. The molecule has 1 N–H and O–H groups in total. The molecule has 0 radical (unpaired) electrons. The molecule has 0 saturated heterocycles. The molecule has 0 aliphatic carbocycles. The van der Waals surface area contributed by atoms with E-state index in [0.29, 0.717) is 5.17 Å². The van der Waals surface area contributed by atoms with Crippen LogP contribution in [0.3, 0.4) is 0 Å². The summed E-state index contributed by atoms with van der Waals surface area (Å²) in [7, 11) is -0.703. The van der Waals surface area contributed by atoms with Crippen LogP contribution in [0.25, 0.3) is 0 Å². The van der Waals surface area contributed by atoms with Crippen LogP contribution in [0.1, 0.15) is 12.8 Å². The smallest absolute Gasteiger partial charge is 0.262 e. The summed E-state index contributed by atoms with van der Waals surface area (Å²) < 4.78 is 16.2. The molecule has 5 heteroatoms. The van der Waals surface area contributed by atoms with Crippen molar-refractivity contribution in [2.24, 2.45) is 0 Å². The van der Waals surface area contributed by atoms with Crippen molar-refractivity contribution in [1.29, 1.82) is 0 Å². The summed E-state index contributed by atoms with van der Waals surface area (Å²) in [4.78, 5) is 0. The maximum atomic E-state index is 10.8. The van der Waals surface area contributed by atoms with Crippen molar-refractivity contribution in [3.05, 3.63) is 30.3 Å². The fraction of sp³-hybridized carbons (Fsp3) is 0.417. The molecule has 0 fully saturated rings. The first-order valence-corrected chi connectivity index (χ1v) is 7.63. The van der Waals surface area contributed by atoms with E-state index in [1.807, 2.05) is 30.3 Å². The van der Waals surface area contributed by atoms with Crippen LogP contribution < -0.4 is 10.1 Å². The molecule has 1 aromatic carbocycles. The van der Waals surface area contributed by atoms with Crippen LogP contribution >= 0.6 is 12.2 Å². The predicted octanol–water partition coefficient (Wildman–Crippen LogP) is 2.10. The molecule has 0 bridgehead atoms. The van der Waals surface area contributed by atoms with Crippen molar-refractivity contribution in [1.82, 2.24) is 5.32 Å². The third-order valence-electron chi connectivity index (χ3n) is 2.08. The van der Waals surface area contributed by atoms with Gasteiger partial charge in [0.2, 0.25) is 0 Å². The SMILES string of the molecule is CS(=O)CCCCNC(=S)Oc1ccccc1. The highest BCUT2D eigenvalue weighted by molar-refractivity contribution is 7.84. The minimum Gasteiger partial charge on any atom is -0.432 e. The van der Waals surface area contributed by atoms with E-state index in [9.17, 15) is 4.21 Å². The molecule has 1 unspecified atom stereocenters. The third-order valence-corrected chi connectivity index (χ3v) is 3.17. The Morgan fingerprint density at radius 2 is 2.06 bits per heavy atom. The van der Waals surface area contributed by atoms with Gasteiger partial charge >= 0.3 is 0 Å². The second-order valence-electron chi connectivity index (χ2n) is 3.61. The molecule has 94 valence electrons. The van der Waals surface area contributed by atoms with Gasteiger partial charge in [0.15, 0.2) is 0 Å². The first kappa shape index (κ1) is 14.1. The molecule has 3 nitrogen and oxygen atoms in total. The maximum Gasteiger partial charge on any atom is 0.262 e. The molecule has 0 amide bonds. The standard InChI is InChI=1S/C12H17NO2S2/c1-17(14)10-6-5-9-13-12(16)15-11-7-3-2-4-8-11/h2-4,7-8H,5-6,9-10H2,1H3,(H,13,16). The molecule has 0 saturated carbocycles. The van der Waals surface area contributed by atoms with Crippen LogP contribution in [-0.2, 0) is 10.8 Å².